The van der Waals surface area contributed by atoms with Crippen molar-refractivity contribution < 1.29 is 9.18 Å². The number of hydrogen-bond acceptors (Lipinski definition) is 3. The molecule has 4 nitrogen and oxygen atoms in total. The highest BCUT2D eigenvalue weighted by Crippen LogP contribution is 2.21. The van der Waals surface area contributed by atoms with Crippen LogP contribution < -0.4 is 16.0 Å². The lowest BCUT2D eigenvalue weighted by molar-refractivity contribution is 0.102. The molecule has 0 spiro atoms. The smallest absolute Gasteiger partial charge is 0.257 e. The van der Waals surface area contributed by atoms with Gasteiger partial charge >= 0.3 is 0 Å². The molecule has 1 aliphatic heterocycles. The van der Waals surface area contributed by atoms with Crippen LogP contribution in [0.2, 0.25) is 5.02 Å². The standard InChI is InChI=1S/C18H19ClFN3O.2ClH/c19-17-10-12(20)4-5-16(17)18(24)23-15-3-1-2-14(11-15)22-13-6-8-21-9-7-13;;/h1-5,10-11,13,21-22H,6-9H2,(H,23,24);2*1H. The molecule has 0 aliphatic carbocycles. The Morgan fingerprint density at radius 3 is 2.46 bits per heavy atom. The van der Waals surface area contributed by atoms with Gasteiger partial charge in [0.05, 0.1) is 10.6 Å². The third-order valence-electron chi connectivity index (χ3n) is 4.01. The number of piperidine rings is 1. The Labute approximate surface area is 169 Å². The van der Waals surface area contributed by atoms with Crippen molar-refractivity contribution in [2.45, 2.75) is 18.9 Å². The Balaban J connectivity index is 0.00000169. The average molecular weight is 421 g/mol. The van der Waals surface area contributed by atoms with Gasteiger partial charge in [0.15, 0.2) is 0 Å². The van der Waals surface area contributed by atoms with E-state index < -0.39 is 5.82 Å². The lowest BCUT2D eigenvalue weighted by Gasteiger charge is -2.24. The Bertz CT molecular complexity index is 739. The highest BCUT2D eigenvalue weighted by atomic mass is 35.5. The van der Waals surface area contributed by atoms with E-state index in [0.29, 0.717) is 11.7 Å². The van der Waals surface area contributed by atoms with Gasteiger partial charge in [-0.2, -0.15) is 0 Å². The minimum absolute atomic E-state index is 0. The van der Waals surface area contributed by atoms with Crippen LogP contribution in [0.4, 0.5) is 15.8 Å². The molecule has 1 saturated heterocycles. The molecule has 26 heavy (non-hydrogen) atoms. The fraction of sp³-hybridized carbons (Fsp3) is 0.278. The minimum Gasteiger partial charge on any atom is -0.382 e. The number of nitrogens with one attached hydrogen (secondary N) is 3. The van der Waals surface area contributed by atoms with Crippen LogP contribution in [-0.2, 0) is 0 Å². The van der Waals surface area contributed by atoms with Gasteiger partial charge in [0.1, 0.15) is 5.82 Å². The molecular formula is C18H21Cl3FN3O. The van der Waals surface area contributed by atoms with Gasteiger partial charge in [-0.25, -0.2) is 4.39 Å². The first-order chi connectivity index (χ1) is 11.6. The zero-order valence-corrected chi connectivity index (χ0v) is 16.3. The highest BCUT2D eigenvalue weighted by molar-refractivity contribution is 6.34. The molecule has 3 rings (SSSR count). The number of benzene rings is 2. The molecule has 1 amide bonds. The van der Waals surface area contributed by atoms with Crippen LogP contribution in [0.1, 0.15) is 23.2 Å². The van der Waals surface area contributed by atoms with E-state index in [-0.39, 0.29) is 41.3 Å². The van der Waals surface area contributed by atoms with Crippen molar-refractivity contribution >= 4 is 53.7 Å². The third-order valence-corrected chi connectivity index (χ3v) is 4.32. The van der Waals surface area contributed by atoms with E-state index >= 15 is 0 Å². The maximum atomic E-state index is 13.1. The topological polar surface area (TPSA) is 53.2 Å². The Morgan fingerprint density at radius 1 is 1.08 bits per heavy atom. The van der Waals surface area contributed by atoms with E-state index in [4.69, 9.17) is 11.6 Å². The molecule has 0 radical (unpaired) electrons. The van der Waals surface area contributed by atoms with E-state index in [9.17, 15) is 9.18 Å². The van der Waals surface area contributed by atoms with Gasteiger partial charge in [-0.3, -0.25) is 4.79 Å². The van der Waals surface area contributed by atoms with Crippen LogP contribution in [0.25, 0.3) is 0 Å². The normalized spacial score (nSPS) is 13.9. The summed E-state index contributed by atoms with van der Waals surface area (Å²) in [6.07, 6.45) is 2.14. The maximum absolute atomic E-state index is 13.1. The third kappa shape index (κ3) is 6.02. The zero-order valence-electron chi connectivity index (χ0n) is 13.9. The molecule has 0 aromatic heterocycles. The van der Waals surface area contributed by atoms with E-state index in [1.54, 1.807) is 0 Å². The van der Waals surface area contributed by atoms with Gasteiger partial charge in [-0.05, 0) is 62.3 Å². The molecule has 2 aromatic rings. The first-order valence-electron chi connectivity index (χ1n) is 7.95. The summed E-state index contributed by atoms with van der Waals surface area (Å²) in [6, 6.07) is 11.7. The monoisotopic (exact) mass is 419 g/mol. The quantitative estimate of drug-likeness (QED) is 0.670. The Kier molecular flexibility index (Phi) is 9.16. The molecule has 0 unspecified atom stereocenters. The Morgan fingerprint density at radius 2 is 1.77 bits per heavy atom. The molecule has 0 atom stereocenters. The van der Waals surface area contributed by atoms with Crippen LogP contribution in [0.5, 0.6) is 0 Å². The van der Waals surface area contributed by atoms with E-state index in [1.807, 2.05) is 24.3 Å². The van der Waals surface area contributed by atoms with Crippen molar-refractivity contribution in [3.05, 3.63) is 58.9 Å². The molecule has 142 valence electrons. The maximum Gasteiger partial charge on any atom is 0.257 e. The van der Waals surface area contributed by atoms with Crippen molar-refractivity contribution in [3.8, 4) is 0 Å². The van der Waals surface area contributed by atoms with Gasteiger partial charge in [0, 0.05) is 17.4 Å². The van der Waals surface area contributed by atoms with E-state index in [0.717, 1.165) is 37.7 Å². The summed E-state index contributed by atoms with van der Waals surface area (Å²) < 4.78 is 13.1. The van der Waals surface area contributed by atoms with Crippen molar-refractivity contribution in [1.29, 1.82) is 0 Å². The van der Waals surface area contributed by atoms with Crippen LogP contribution in [0.3, 0.4) is 0 Å². The van der Waals surface area contributed by atoms with Gasteiger partial charge < -0.3 is 16.0 Å². The van der Waals surface area contributed by atoms with Crippen LogP contribution in [0, 0.1) is 5.82 Å². The second-order valence-electron chi connectivity index (χ2n) is 5.83. The summed E-state index contributed by atoms with van der Waals surface area (Å²) in [5.74, 6) is -0.830. The van der Waals surface area contributed by atoms with Crippen molar-refractivity contribution in [2.24, 2.45) is 0 Å². The van der Waals surface area contributed by atoms with Crippen molar-refractivity contribution in [1.82, 2.24) is 5.32 Å². The first kappa shape index (κ1) is 22.5. The van der Waals surface area contributed by atoms with E-state index in [2.05, 4.69) is 16.0 Å². The lowest BCUT2D eigenvalue weighted by Crippen LogP contribution is -2.35. The first-order valence-corrected chi connectivity index (χ1v) is 8.33. The van der Waals surface area contributed by atoms with Gasteiger partial charge in [-0.1, -0.05) is 17.7 Å². The predicted octanol–water partition coefficient (Wildman–Crippen LogP) is 4.74. The fourth-order valence-corrected chi connectivity index (χ4v) is 3.01. The summed E-state index contributed by atoms with van der Waals surface area (Å²) in [4.78, 5) is 12.3. The number of anilines is 2. The number of carbonyl (C=O) groups is 1. The summed E-state index contributed by atoms with van der Waals surface area (Å²) in [7, 11) is 0. The van der Waals surface area contributed by atoms with Crippen LogP contribution >= 0.6 is 36.4 Å². The Hall–Kier alpha value is -1.53. The second-order valence-corrected chi connectivity index (χ2v) is 6.23. The van der Waals surface area contributed by atoms with Crippen molar-refractivity contribution in [2.75, 3.05) is 23.7 Å². The molecule has 0 bridgehead atoms. The molecule has 1 heterocycles. The largest absolute Gasteiger partial charge is 0.382 e. The van der Waals surface area contributed by atoms with Gasteiger partial charge in [0.2, 0.25) is 0 Å². The molecule has 1 aliphatic rings. The summed E-state index contributed by atoms with van der Waals surface area (Å²) >= 11 is 5.93. The number of halogens is 4. The van der Waals surface area contributed by atoms with Gasteiger partial charge in [-0.15, -0.1) is 24.8 Å². The SMILES string of the molecule is Cl.Cl.O=C(Nc1cccc(NC2CCNCC2)c1)c1ccc(F)cc1Cl. The highest BCUT2D eigenvalue weighted by Gasteiger charge is 2.14. The molecule has 8 heteroatoms. The molecule has 3 N–H and O–H groups in total. The number of carbonyl (C=O) groups excluding carboxylic acids is 1. The lowest BCUT2D eigenvalue weighted by atomic mass is 10.1. The zero-order chi connectivity index (χ0) is 16.9. The number of amides is 1. The molecule has 2 aromatic carbocycles. The average Bonchev–Trinajstić information content (AvgIpc) is 2.56. The predicted molar refractivity (Wildman–Crippen MR) is 110 cm³/mol. The molecule has 1 fully saturated rings. The summed E-state index contributed by atoms with van der Waals surface area (Å²) in [5.41, 5.74) is 1.87. The number of hydrogen-bond donors (Lipinski definition) is 3. The summed E-state index contributed by atoms with van der Waals surface area (Å²) in [6.45, 7) is 2.02. The van der Waals surface area contributed by atoms with Crippen LogP contribution in [-0.4, -0.2) is 25.0 Å². The minimum atomic E-state index is -0.468. The molecule has 0 saturated carbocycles. The van der Waals surface area contributed by atoms with Crippen LogP contribution in [0.15, 0.2) is 42.5 Å². The van der Waals surface area contributed by atoms with Crippen molar-refractivity contribution in [3.63, 3.8) is 0 Å². The fourth-order valence-electron chi connectivity index (χ4n) is 2.76. The summed E-state index contributed by atoms with van der Waals surface area (Å²) in [5, 5.41) is 9.71. The van der Waals surface area contributed by atoms with E-state index in [1.165, 1.54) is 12.1 Å². The number of rotatable bonds is 4. The second kappa shape index (κ2) is 10.6. The van der Waals surface area contributed by atoms with Gasteiger partial charge in [0.25, 0.3) is 5.91 Å². The molecular weight excluding hydrogens is 400 g/mol.